The third kappa shape index (κ3) is 2.98. The van der Waals surface area contributed by atoms with Crippen LogP contribution in [0.1, 0.15) is 75.6 Å². The number of amides is 1. The largest absolute Gasteiger partial charge is 0.271 e. The van der Waals surface area contributed by atoms with Gasteiger partial charge in [0.1, 0.15) is 0 Å². The molecule has 0 unspecified atom stereocenters. The molecule has 0 aliphatic heterocycles. The summed E-state index contributed by atoms with van der Waals surface area (Å²) in [5.41, 5.74) is 5.32. The second-order valence-corrected chi connectivity index (χ2v) is 10.3. The summed E-state index contributed by atoms with van der Waals surface area (Å²) >= 11 is 0. The van der Waals surface area contributed by atoms with E-state index in [1.807, 2.05) is 0 Å². The normalized spacial score (nSPS) is 42.1. The van der Waals surface area contributed by atoms with E-state index in [0.717, 1.165) is 30.1 Å². The smallest absolute Gasteiger partial charge is 0.267 e. The molecule has 0 spiro atoms. The SMILES string of the molecule is C[C@]12CC=CC[C@@H]1CC[C@@H]1[C@@H]2CC[C@]2(C)/C(=N\NC(=O)c3ccncc3)CC[C@@H]12. The summed E-state index contributed by atoms with van der Waals surface area (Å²) in [6, 6.07) is 3.47. The molecule has 4 aliphatic carbocycles. The molecule has 1 aromatic rings. The van der Waals surface area contributed by atoms with E-state index in [0.29, 0.717) is 11.0 Å². The zero-order valence-electron chi connectivity index (χ0n) is 17.7. The van der Waals surface area contributed by atoms with Crippen LogP contribution in [0.25, 0.3) is 0 Å². The molecular weight excluding hydrogens is 358 g/mol. The number of hydrogen-bond donors (Lipinski definition) is 1. The number of fused-ring (bicyclic) bond motifs is 5. The average molecular weight is 392 g/mol. The topological polar surface area (TPSA) is 54.4 Å². The molecule has 1 N–H and O–H groups in total. The summed E-state index contributed by atoms with van der Waals surface area (Å²) in [7, 11) is 0. The highest BCUT2D eigenvalue weighted by Crippen LogP contribution is 2.64. The van der Waals surface area contributed by atoms with Gasteiger partial charge in [-0.25, -0.2) is 5.43 Å². The van der Waals surface area contributed by atoms with E-state index in [9.17, 15) is 4.79 Å². The lowest BCUT2D eigenvalue weighted by molar-refractivity contribution is -0.0761. The number of rotatable bonds is 2. The van der Waals surface area contributed by atoms with Crippen molar-refractivity contribution >= 4 is 11.6 Å². The van der Waals surface area contributed by atoms with E-state index in [1.165, 1.54) is 50.7 Å². The number of nitrogens with zero attached hydrogens (tertiary/aromatic N) is 2. The summed E-state index contributed by atoms with van der Waals surface area (Å²) in [6.45, 7) is 5.01. The van der Waals surface area contributed by atoms with Gasteiger partial charge in [0.2, 0.25) is 0 Å². The first-order valence-electron chi connectivity index (χ1n) is 11.4. The zero-order valence-corrected chi connectivity index (χ0v) is 17.7. The van der Waals surface area contributed by atoms with Gasteiger partial charge in [0, 0.05) is 29.1 Å². The van der Waals surface area contributed by atoms with E-state index in [4.69, 9.17) is 0 Å². The van der Waals surface area contributed by atoms with Crippen LogP contribution in [0.4, 0.5) is 0 Å². The molecular formula is C25H33N3O. The van der Waals surface area contributed by atoms with E-state index in [-0.39, 0.29) is 11.3 Å². The van der Waals surface area contributed by atoms with Crippen molar-refractivity contribution < 1.29 is 4.79 Å². The predicted octanol–water partition coefficient (Wildman–Crippen LogP) is 5.38. The number of hydrogen-bond acceptors (Lipinski definition) is 3. The second-order valence-electron chi connectivity index (χ2n) is 10.3. The molecule has 3 saturated carbocycles. The summed E-state index contributed by atoms with van der Waals surface area (Å²) in [5.74, 6) is 3.15. The molecule has 1 aromatic heterocycles. The van der Waals surface area contributed by atoms with Crippen molar-refractivity contribution in [2.24, 2.45) is 39.6 Å². The number of carbonyl (C=O) groups is 1. The van der Waals surface area contributed by atoms with Crippen molar-refractivity contribution in [3.8, 4) is 0 Å². The van der Waals surface area contributed by atoms with Gasteiger partial charge in [0.15, 0.2) is 0 Å². The standard InChI is InChI=1S/C25H33N3O/c1-24-13-4-3-5-18(24)6-7-19-20-8-9-22(25(20,2)14-10-21(19)24)27-28-23(29)17-11-15-26-16-12-17/h3-4,11-12,15-16,18-21H,5-10,13-14H2,1-2H3,(H,28,29)/b27-22-/t18-,19+,20+,21+,24+,25+/m1/s1. The number of hydrazone groups is 1. The van der Waals surface area contributed by atoms with Crippen molar-refractivity contribution in [1.29, 1.82) is 0 Å². The van der Waals surface area contributed by atoms with Crippen molar-refractivity contribution in [2.75, 3.05) is 0 Å². The first-order valence-corrected chi connectivity index (χ1v) is 11.4. The van der Waals surface area contributed by atoms with Crippen LogP contribution >= 0.6 is 0 Å². The summed E-state index contributed by atoms with van der Waals surface area (Å²) in [5, 5.41) is 4.68. The van der Waals surface area contributed by atoms with Crippen LogP contribution in [0.3, 0.4) is 0 Å². The minimum Gasteiger partial charge on any atom is -0.267 e. The highest BCUT2D eigenvalue weighted by Gasteiger charge is 2.58. The summed E-state index contributed by atoms with van der Waals surface area (Å²) < 4.78 is 0. The number of carbonyl (C=O) groups excluding carboxylic acids is 1. The lowest BCUT2D eigenvalue weighted by atomic mass is 9.46. The maximum atomic E-state index is 12.4. The van der Waals surface area contributed by atoms with Crippen LogP contribution in [0, 0.1) is 34.5 Å². The van der Waals surface area contributed by atoms with E-state index in [1.54, 1.807) is 24.5 Å². The van der Waals surface area contributed by atoms with Crippen LogP contribution in [-0.2, 0) is 0 Å². The quantitative estimate of drug-likeness (QED) is 0.544. The van der Waals surface area contributed by atoms with Crippen molar-refractivity contribution in [3.63, 3.8) is 0 Å². The highest BCUT2D eigenvalue weighted by atomic mass is 16.2. The minimum atomic E-state index is -0.136. The summed E-state index contributed by atoms with van der Waals surface area (Å²) in [6.07, 6.45) is 18.3. The Kier molecular flexibility index (Phi) is 4.64. The maximum Gasteiger partial charge on any atom is 0.271 e. The Bertz CT molecular complexity index is 847. The third-order valence-corrected chi connectivity index (χ3v) is 9.19. The van der Waals surface area contributed by atoms with Gasteiger partial charge in [-0.2, -0.15) is 5.10 Å². The molecule has 1 heterocycles. The Hall–Kier alpha value is -1.97. The van der Waals surface area contributed by atoms with E-state index >= 15 is 0 Å². The molecule has 4 heteroatoms. The van der Waals surface area contributed by atoms with Crippen LogP contribution in [0.5, 0.6) is 0 Å². The van der Waals surface area contributed by atoms with Gasteiger partial charge in [0.05, 0.1) is 0 Å². The zero-order chi connectivity index (χ0) is 20.1. The molecule has 5 rings (SSSR count). The number of allylic oxidation sites excluding steroid dienone is 2. The van der Waals surface area contributed by atoms with Crippen LogP contribution in [0.15, 0.2) is 41.8 Å². The first-order chi connectivity index (χ1) is 14.0. The van der Waals surface area contributed by atoms with Gasteiger partial charge >= 0.3 is 0 Å². The summed E-state index contributed by atoms with van der Waals surface area (Å²) in [4.78, 5) is 16.4. The van der Waals surface area contributed by atoms with Gasteiger partial charge in [-0.1, -0.05) is 26.0 Å². The highest BCUT2D eigenvalue weighted by molar-refractivity contribution is 5.97. The van der Waals surface area contributed by atoms with E-state index < -0.39 is 0 Å². The lowest BCUT2D eigenvalue weighted by Crippen LogP contribution is -2.52. The molecule has 1 amide bonds. The Morgan fingerprint density at radius 1 is 1.10 bits per heavy atom. The molecule has 4 nitrogen and oxygen atoms in total. The van der Waals surface area contributed by atoms with Crippen molar-refractivity contribution in [1.82, 2.24) is 10.4 Å². The molecule has 0 bridgehead atoms. The first kappa shape index (κ1) is 19.0. The van der Waals surface area contributed by atoms with Crippen LogP contribution in [-0.4, -0.2) is 16.6 Å². The monoisotopic (exact) mass is 391 g/mol. The van der Waals surface area contributed by atoms with Gasteiger partial charge in [-0.05, 0) is 92.6 Å². The number of aromatic nitrogens is 1. The van der Waals surface area contributed by atoms with Crippen molar-refractivity contribution in [3.05, 3.63) is 42.2 Å². The van der Waals surface area contributed by atoms with Gasteiger partial charge in [0.25, 0.3) is 5.91 Å². The molecule has 154 valence electrons. The average Bonchev–Trinajstić information content (AvgIpc) is 3.08. The third-order valence-electron chi connectivity index (χ3n) is 9.19. The molecule has 0 radical (unpaired) electrons. The predicted molar refractivity (Wildman–Crippen MR) is 115 cm³/mol. The lowest BCUT2D eigenvalue weighted by Gasteiger charge is -2.59. The van der Waals surface area contributed by atoms with Crippen LogP contribution < -0.4 is 5.43 Å². The Morgan fingerprint density at radius 3 is 2.76 bits per heavy atom. The minimum absolute atomic E-state index is 0.136. The molecule has 3 fully saturated rings. The maximum absolute atomic E-state index is 12.4. The van der Waals surface area contributed by atoms with Gasteiger partial charge in [-0.3, -0.25) is 9.78 Å². The number of pyridine rings is 1. The van der Waals surface area contributed by atoms with Gasteiger partial charge in [-0.15, -0.1) is 0 Å². The Balaban J connectivity index is 1.35. The van der Waals surface area contributed by atoms with Crippen LogP contribution in [0.2, 0.25) is 0 Å². The molecule has 29 heavy (non-hydrogen) atoms. The molecule has 0 aromatic carbocycles. The van der Waals surface area contributed by atoms with E-state index in [2.05, 4.69) is 41.5 Å². The molecule has 4 aliphatic rings. The fraction of sp³-hybridized carbons (Fsp3) is 0.640. The molecule has 6 atom stereocenters. The fourth-order valence-corrected chi connectivity index (χ4v) is 7.50. The fourth-order valence-electron chi connectivity index (χ4n) is 7.50. The molecule has 0 saturated heterocycles. The Labute approximate surface area is 174 Å². The van der Waals surface area contributed by atoms with Gasteiger partial charge < -0.3 is 0 Å². The van der Waals surface area contributed by atoms with Crippen molar-refractivity contribution in [2.45, 2.75) is 65.2 Å². The Morgan fingerprint density at radius 2 is 1.93 bits per heavy atom. The second kappa shape index (κ2) is 7.07. The number of nitrogens with one attached hydrogen (secondary N) is 1.